The van der Waals surface area contributed by atoms with Gasteiger partial charge in [-0.15, -0.1) is 0 Å². The van der Waals surface area contributed by atoms with Crippen LogP contribution in [0.25, 0.3) is 16.9 Å². The number of benzene rings is 2. The molecule has 44 heavy (non-hydrogen) atoms. The predicted octanol–water partition coefficient (Wildman–Crippen LogP) is 5.76. The molecule has 1 N–H and O–H groups in total. The Morgan fingerprint density at radius 3 is 2.70 bits per heavy atom. The summed E-state index contributed by atoms with van der Waals surface area (Å²) in [6, 6.07) is 11.8. The van der Waals surface area contributed by atoms with E-state index in [0.717, 1.165) is 12.8 Å². The van der Waals surface area contributed by atoms with E-state index in [-0.39, 0.29) is 22.9 Å². The number of rotatable bonds is 8. The number of aromatic nitrogens is 5. The number of nitro benzene ring substituents is 1. The number of non-ortho nitro benzene ring substituents is 1. The Kier molecular flexibility index (Phi) is 7.94. The van der Waals surface area contributed by atoms with E-state index < -0.39 is 22.9 Å². The van der Waals surface area contributed by atoms with Gasteiger partial charge in [0.2, 0.25) is 0 Å². The minimum Gasteiger partial charge on any atom is -0.496 e. The SMILES string of the molecule is COc1ccc(Cl)cc1-c1nn([C@H]2CCCC[C@H]2OC(=O)c2ccc([N+](=O)[O-])cc2)cc1NC(=O)c1cnn2cccnc12. The second-order valence-electron chi connectivity index (χ2n) is 10.2. The lowest BCUT2D eigenvalue weighted by Crippen LogP contribution is -2.32. The second-order valence-corrected chi connectivity index (χ2v) is 10.7. The van der Waals surface area contributed by atoms with Crippen LogP contribution in [0.2, 0.25) is 5.02 Å². The molecule has 14 heteroatoms. The topological polar surface area (TPSA) is 156 Å². The normalized spacial score (nSPS) is 16.4. The highest BCUT2D eigenvalue weighted by atomic mass is 35.5. The van der Waals surface area contributed by atoms with Crippen molar-refractivity contribution < 1.29 is 24.0 Å². The third-order valence-electron chi connectivity index (χ3n) is 7.50. The van der Waals surface area contributed by atoms with Crippen molar-refractivity contribution in [1.29, 1.82) is 0 Å². The number of methoxy groups -OCH3 is 1. The molecule has 0 aliphatic heterocycles. The summed E-state index contributed by atoms with van der Waals surface area (Å²) in [5.74, 6) is -0.530. The fourth-order valence-corrected chi connectivity index (χ4v) is 5.51. The average molecular weight is 616 g/mol. The molecule has 1 aliphatic carbocycles. The van der Waals surface area contributed by atoms with Crippen molar-refractivity contribution in [1.82, 2.24) is 24.4 Å². The Labute approximate surface area is 255 Å². The highest BCUT2D eigenvalue weighted by molar-refractivity contribution is 6.31. The molecule has 224 valence electrons. The van der Waals surface area contributed by atoms with E-state index in [1.54, 1.807) is 47.5 Å². The third kappa shape index (κ3) is 5.69. The highest BCUT2D eigenvalue weighted by Crippen LogP contribution is 2.39. The molecule has 1 aliphatic rings. The first-order chi connectivity index (χ1) is 21.3. The largest absolute Gasteiger partial charge is 0.496 e. The lowest BCUT2D eigenvalue weighted by molar-refractivity contribution is -0.384. The number of amides is 1. The van der Waals surface area contributed by atoms with Crippen molar-refractivity contribution >= 4 is 40.5 Å². The van der Waals surface area contributed by atoms with Crippen molar-refractivity contribution in [3.63, 3.8) is 0 Å². The van der Waals surface area contributed by atoms with E-state index in [0.29, 0.717) is 46.2 Å². The van der Waals surface area contributed by atoms with Gasteiger partial charge >= 0.3 is 5.97 Å². The van der Waals surface area contributed by atoms with Gasteiger partial charge in [-0.25, -0.2) is 14.3 Å². The van der Waals surface area contributed by atoms with Crippen molar-refractivity contribution in [2.45, 2.75) is 37.8 Å². The molecular formula is C30H26ClN7O6. The van der Waals surface area contributed by atoms with Crippen LogP contribution in [0.5, 0.6) is 5.75 Å². The summed E-state index contributed by atoms with van der Waals surface area (Å²) >= 11 is 6.36. The van der Waals surface area contributed by atoms with Gasteiger partial charge in [-0.1, -0.05) is 18.0 Å². The molecule has 1 saturated carbocycles. The van der Waals surface area contributed by atoms with Crippen LogP contribution >= 0.6 is 11.6 Å². The Hall–Kier alpha value is -5.30. The zero-order chi connectivity index (χ0) is 30.8. The van der Waals surface area contributed by atoms with Gasteiger partial charge in [-0.3, -0.25) is 19.6 Å². The van der Waals surface area contributed by atoms with Crippen molar-refractivity contribution in [2.75, 3.05) is 12.4 Å². The zero-order valence-corrected chi connectivity index (χ0v) is 24.2. The van der Waals surface area contributed by atoms with Crippen LogP contribution in [-0.2, 0) is 4.74 Å². The smallest absolute Gasteiger partial charge is 0.338 e. The highest BCUT2D eigenvalue weighted by Gasteiger charge is 2.32. The van der Waals surface area contributed by atoms with E-state index in [2.05, 4.69) is 15.4 Å². The van der Waals surface area contributed by atoms with E-state index in [4.69, 9.17) is 26.2 Å². The Bertz CT molecular complexity index is 1870. The molecule has 6 rings (SSSR count). The van der Waals surface area contributed by atoms with Crippen LogP contribution in [0, 0.1) is 10.1 Å². The number of hydrogen-bond acceptors (Lipinski definition) is 9. The number of halogens is 1. The van der Waals surface area contributed by atoms with Crippen LogP contribution in [0.15, 0.2) is 73.3 Å². The standard InChI is InChI=1S/C30H26ClN7O6/c1-43-25-12-9-19(31)15-21(25)27-23(34-29(39)22-16-33-36-14-4-13-32-28(22)36)17-37(35-27)24-5-2-3-6-26(24)44-30(40)18-7-10-20(11-8-18)38(41)42/h4,7-17,24,26H,2-3,5-6H2,1H3,(H,34,39)/t24-,26+/m0/s1. The summed E-state index contributed by atoms with van der Waals surface area (Å²) in [6.45, 7) is 0. The summed E-state index contributed by atoms with van der Waals surface area (Å²) < 4.78 is 14.7. The van der Waals surface area contributed by atoms with Crippen LogP contribution < -0.4 is 10.1 Å². The number of nitro groups is 1. The Morgan fingerprint density at radius 2 is 1.93 bits per heavy atom. The van der Waals surface area contributed by atoms with Gasteiger partial charge in [0.15, 0.2) is 5.65 Å². The number of fused-ring (bicyclic) bond motifs is 1. The number of nitrogens with one attached hydrogen (secondary N) is 1. The molecule has 0 spiro atoms. The van der Waals surface area contributed by atoms with E-state index in [1.807, 2.05) is 0 Å². The molecule has 0 bridgehead atoms. The maximum atomic E-state index is 13.5. The number of anilines is 1. The van der Waals surface area contributed by atoms with Gasteiger partial charge in [-0.05, 0) is 55.7 Å². The van der Waals surface area contributed by atoms with Gasteiger partial charge < -0.3 is 14.8 Å². The van der Waals surface area contributed by atoms with Gasteiger partial charge in [0.05, 0.1) is 35.5 Å². The van der Waals surface area contributed by atoms with E-state index in [1.165, 1.54) is 42.1 Å². The molecule has 2 aromatic carbocycles. The molecule has 1 amide bonds. The quantitative estimate of drug-likeness (QED) is 0.130. The second kappa shape index (κ2) is 12.1. The molecule has 2 atom stereocenters. The van der Waals surface area contributed by atoms with Crippen LogP contribution in [0.1, 0.15) is 52.4 Å². The number of ether oxygens (including phenoxy) is 2. The molecule has 13 nitrogen and oxygen atoms in total. The van der Waals surface area contributed by atoms with Crippen LogP contribution in [0.4, 0.5) is 11.4 Å². The van der Waals surface area contributed by atoms with Crippen molar-refractivity contribution in [3.8, 4) is 17.0 Å². The lowest BCUT2D eigenvalue weighted by Gasteiger charge is -2.31. The first kappa shape index (κ1) is 28.8. The first-order valence-corrected chi connectivity index (χ1v) is 14.2. The maximum absolute atomic E-state index is 13.5. The fourth-order valence-electron chi connectivity index (χ4n) is 5.34. The number of esters is 1. The van der Waals surface area contributed by atoms with Crippen molar-refractivity contribution in [2.24, 2.45) is 0 Å². The fraction of sp³-hybridized carbons (Fsp3) is 0.233. The van der Waals surface area contributed by atoms with E-state index in [9.17, 15) is 19.7 Å². The van der Waals surface area contributed by atoms with Crippen LogP contribution in [0.3, 0.4) is 0 Å². The third-order valence-corrected chi connectivity index (χ3v) is 7.74. The van der Waals surface area contributed by atoms with Crippen molar-refractivity contribution in [3.05, 3.63) is 99.6 Å². The molecule has 3 heterocycles. The molecule has 0 radical (unpaired) electrons. The minimum absolute atomic E-state index is 0.118. The number of nitrogens with zero attached hydrogens (tertiary/aromatic N) is 6. The molecule has 1 fully saturated rings. The molecule has 5 aromatic rings. The summed E-state index contributed by atoms with van der Waals surface area (Å²) in [6.07, 6.45) is 8.86. The average Bonchev–Trinajstić information content (AvgIpc) is 3.66. The van der Waals surface area contributed by atoms with Gasteiger partial charge in [-0.2, -0.15) is 10.2 Å². The van der Waals surface area contributed by atoms with Gasteiger partial charge in [0.1, 0.15) is 23.1 Å². The summed E-state index contributed by atoms with van der Waals surface area (Å²) in [5.41, 5.74) is 2.11. The summed E-state index contributed by atoms with van der Waals surface area (Å²) in [5, 5.41) is 23.5. The maximum Gasteiger partial charge on any atom is 0.338 e. The monoisotopic (exact) mass is 615 g/mol. The molecule has 3 aromatic heterocycles. The minimum atomic E-state index is -0.588. The van der Waals surface area contributed by atoms with Gasteiger partial charge in [0, 0.05) is 41.3 Å². The predicted molar refractivity (Wildman–Crippen MR) is 160 cm³/mol. The summed E-state index contributed by atoms with van der Waals surface area (Å²) in [7, 11) is 1.53. The van der Waals surface area contributed by atoms with Crippen LogP contribution in [-0.4, -0.2) is 54.4 Å². The zero-order valence-electron chi connectivity index (χ0n) is 23.4. The Morgan fingerprint density at radius 1 is 1.14 bits per heavy atom. The lowest BCUT2D eigenvalue weighted by atomic mass is 9.92. The Balaban J connectivity index is 1.34. The molecule has 0 saturated heterocycles. The number of carbonyl (C=O) groups is 2. The summed E-state index contributed by atoms with van der Waals surface area (Å²) in [4.78, 5) is 41.3. The van der Waals surface area contributed by atoms with E-state index >= 15 is 0 Å². The molecular weight excluding hydrogens is 590 g/mol. The molecule has 0 unspecified atom stereocenters. The van der Waals surface area contributed by atoms with Gasteiger partial charge in [0.25, 0.3) is 11.6 Å². The first-order valence-electron chi connectivity index (χ1n) is 13.8. The number of hydrogen-bond donors (Lipinski definition) is 1. The number of carbonyl (C=O) groups excluding carboxylic acids is 2.